The number of hydrogen-bond donors (Lipinski definition) is 1. The van der Waals surface area contributed by atoms with Crippen LogP contribution in [0, 0.1) is 6.92 Å². The van der Waals surface area contributed by atoms with E-state index in [1.54, 1.807) is 13.2 Å². The van der Waals surface area contributed by atoms with Crippen LogP contribution in [0.3, 0.4) is 0 Å². The SMILES string of the molecule is CO[Si](C)(C)O[Si](C)(CCCOCCO)O[Si](C)(CCCCOC(=O)/C=C/c1ccc(C)cc1)O[Si](C)(C)C. The number of hydrogen-bond acceptors (Lipinski definition) is 8. The number of ether oxygens (including phenoxy) is 2. The molecule has 0 aliphatic rings. The average molecular weight is 617 g/mol. The standard InChI is InChI=1S/C27H52O8Si4/c1-25-13-15-26(16-14-25)17-18-27(29)32-21-10-11-23-38(8,33-36(3,4)5)35-39(9,34-37(6,7)30-2)24-12-20-31-22-19-28/h13-18,28H,10-12,19-24H2,1-9H3/b18-17+. The van der Waals surface area contributed by atoms with Crippen molar-refractivity contribution in [3.05, 3.63) is 41.5 Å². The highest BCUT2D eigenvalue weighted by Gasteiger charge is 2.47. The molecule has 224 valence electrons. The molecular formula is C27H52O8Si4. The van der Waals surface area contributed by atoms with Gasteiger partial charge in [-0.25, -0.2) is 4.79 Å². The number of rotatable bonds is 20. The van der Waals surface area contributed by atoms with Crippen molar-refractivity contribution in [3.63, 3.8) is 0 Å². The van der Waals surface area contributed by atoms with Crippen LogP contribution in [0.2, 0.25) is 57.9 Å². The minimum atomic E-state index is -2.68. The van der Waals surface area contributed by atoms with Gasteiger partial charge in [0, 0.05) is 19.8 Å². The molecule has 8 nitrogen and oxygen atoms in total. The molecule has 0 saturated heterocycles. The second-order valence-electron chi connectivity index (χ2n) is 11.6. The molecule has 0 aliphatic carbocycles. The number of carbonyl (C=O) groups excluding carboxylic acids is 1. The van der Waals surface area contributed by atoms with E-state index < -0.39 is 34.0 Å². The van der Waals surface area contributed by atoms with Crippen LogP contribution >= 0.6 is 0 Å². The summed E-state index contributed by atoms with van der Waals surface area (Å²) in [5.74, 6) is -0.339. The first-order chi connectivity index (χ1) is 18.1. The third-order valence-corrected chi connectivity index (χ3v) is 20.7. The third kappa shape index (κ3) is 16.8. The Bertz CT molecular complexity index is 876. The molecule has 0 radical (unpaired) electrons. The minimum Gasteiger partial charge on any atom is -0.463 e. The van der Waals surface area contributed by atoms with Crippen LogP contribution in [0.4, 0.5) is 0 Å². The first-order valence-electron chi connectivity index (χ1n) is 13.9. The summed E-state index contributed by atoms with van der Waals surface area (Å²) in [4.78, 5) is 12.2. The van der Waals surface area contributed by atoms with E-state index in [-0.39, 0.29) is 12.6 Å². The number of aliphatic hydroxyl groups is 1. The van der Waals surface area contributed by atoms with Gasteiger partial charge >= 0.3 is 31.7 Å². The smallest absolute Gasteiger partial charge is 0.330 e. The summed E-state index contributed by atoms with van der Waals surface area (Å²) < 4.78 is 37.0. The van der Waals surface area contributed by atoms with E-state index in [1.807, 2.05) is 44.3 Å². The monoisotopic (exact) mass is 616 g/mol. The van der Waals surface area contributed by atoms with Crippen molar-refractivity contribution in [1.29, 1.82) is 0 Å². The van der Waals surface area contributed by atoms with E-state index >= 15 is 0 Å². The van der Waals surface area contributed by atoms with Crippen molar-refractivity contribution in [2.75, 3.05) is 33.5 Å². The summed E-state index contributed by atoms with van der Waals surface area (Å²) in [6.07, 6.45) is 5.59. The molecule has 39 heavy (non-hydrogen) atoms. The summed E-state index contributed by atoms with van der Waals surface area (Å²) in [5, 5.41) is 8.99. The van der Waals surface area contributed by atoms with Crippen molar-refractivity contribution in [2.24, 2.45) is 0 Å². The van der Waals surface area contributed by atoms with Crippen molar-refractivity contribution >= 4 is 46.0 Å². The molecule has 0 spiro atoms. The summed E-state index contributed by atoms with van der Waals surface area (Å²) >= 11 is 0. The van der Waals surface area contributed by atoms with Crippen molar-refractivity contribution < 1.29 is 36.1 Å². The van der Waals surface area contributed by atoms with Crippen LogP contribution in [0.25, 0.3) is 6.08 Å². The zero-order valence-corrected chi connectivity index (χ0v) is 29.6. The highest BCUT2D eigenvalue weighted by atomic mass is 28.5. The quantitative estimate of drug-likeness (QED) is 0.0812. The van der Waals surface area contributed by atoms with E-state index in [1.165, 1.54) is 11.6 Å². The molecule has 1 aromatic carbocycles. The zero-order valence-electron chi connectivity index (χ0n) is 25.6. The maximum atomic E-state index is 12.2. The maximum Gasteiger partial charge on any atom is 0.330 e. The molecular weight excluding hydrogens is 565 g/mol. The first kappa shape index (κ1) is 36.1. The fourth-order valence-corrected chi connectivity index (χ4v) is 21.9. The molecule has 2 atom stereocenters. The van der Waals surface area contributed by atoms with Crippen molar-refractivity contribution in [1.82, 2.24) is 0 Å². The lowest BCUT2D eigenvalue weighted by molar-refractivity contribution is -0.137. The maximum absolute atomic E-state index is 12.2. The topological polar surface area (TPSA) is 92.7 Å². The van der Waals surface area contributed by atoms with Gasteiger partial charge in [0.15, 0.2) is 8.32 Å². The number of carbonyl (C=O) groups is 1. The predicted octanol–water partition coefficient (Wildman–Crippen LogP) is 6.11. The fraction of sp³-hybridized carbons (Fsp3) is 0.667. The Morgan fingerprint density at radius 2 is 1.44 bits per heavy atom. The van der Waals surface area contributed by atoms with E-state index in [0.717, 1.165) is 36.9 Å². The lowest BCUT2D eigenvalue weighted by atomic mass is 10.1. The molecule has 0 aliphatic heterocycles. The van der Waals surface area contributed by atoms with E-state index in [4.69, 9.17) is 31.4 Å². The lowest BCUT2D eigenvalue weighted by Gasteiger charge is -2.43. The molecule has 0 bridgehead atoms. The Kier molecular flexibility index (Phi) is 15.8. The van der Waals surface area contributed by atoms with Crippen LogP contribution in [0.5, 0.6) is 0 Å². The van der Waals surface area contributed by atoms with Crippen LogP contribution in [-0.2, 0) is 31.0 Å². The largest absolute Gasteiger partial charge is 0.463 e. The number of aryl methyl sites for hydroxylation is 1. The van der Waals surface area contributed by atoms with Crippen molar-refractivity contribution in [2.45, 2.75) is 84.1 Å². The Morgan fingerprint density at radius 1 is 0.821 bits per heavy atom. The van der Waals surface area contributed by atoms with Gasteiger partial charge in [-0.3, -0.25) is 0 Å². The van der Waals surface area contributed by atoms with Gasteiger partial charge in [-0.15, -0.1) is 0 Å². The van der Waals surface area contributed by atoms with Crippen molar-refractivity contribution in [3.8, 4) is 0 Å². The predicted molar refractivity (Wildman–Crippen MR) is 167 cm³/mol. The van der Waals surface area contributed by atoms with Gasteiger partial charge in [0.05, 0.1) is 19.8 Å². The van der Waals surface area contributed by atoms with Gasteiger partial charge < -0.3 is 31.4 Å². The molecule has 0 aromatic heterocycles. The molecule has 0 amide bonds. The van der Waals surface area contributed by atoms with Gasteiger partial charge in [0.25, 0.3) is 0 Å². The van der Waals surface area contributed by atoms with Crippen LogP contribution in [0.15, 0.2) is 30.3 Å². The van der Waals surface area contributed by atoms with Gasteiger partial charge in [0.1, 0.15) is 0 Å². The Labute approximate surface area is 240 Å². The summed E-state index contributed by atoms with van der Waals surface area (Å²) in [5.41, 5.74) is 2.15. The molecule has 0 fully saturated rings. The van der Waals surface area contributed by atoms with E-state index in [2.05, 4.69) is 32.7 Å². The fourth-order valence-electron chi connectivity index (χ4n) is 4.18. The van der Waals surface area contributed by atoms with Gasteiger partial charge in [-0.05, 0) is 95.7 Å². The Hall–Kier alpha value is -0.942. The van der Waals surface area contributed by atoms with E-state index in [9.17, 15) is 4.79 Å². The number of unbranched alkanes of at least 4 members (excludes halogenated alkanes) is 1. The number of esters is 1. The van der Waals surface area contributed by atoms with Gasteiger partial charge in [-0.2, -0.15) is 0 Å². The summed E-state index contributed by atoms with van der Waals surface area (Å²) in [6, 6.07) is 9.51. The number of benzene rings is 1. The minimum absolute atomic E-state index is 0.0126. The van der Waals surface area contributed by atoms with Gasteiger partial charge in [0.2, 0.25) is 0 Å². The molecule has 2 unspecified atom stereocenters. The Morgan fingerprint density at radius 3 is 2.03 bits per heavy atom. The normalized spacial score (nSPS) is 15.7. The summed E-state index contributed by atoms with van der Waals surface area (Å²) in [6.45, 7) is 18.1. The van der Waals surface area contributed by atoms with Crippen LogP contribution in [-0.4, -0.2) is 78.6 Å². The van der Waals surface area contributed by atoms with Gasteiger partial charge in [-0.1, -0.05) is 29.8 Å². The lowest BCUT2D eigenvalue weighted by Crippen LogP contribution is -2.59. The average Bonchev–Trinajstić information content (AvgIpc) is 2.81. The Balaban J connectivity index is 2.77. The highest BCUT2D eigenvalue weighted by molar-refractivity contribution is 6.89. The highest BCUT2D eigenvalue weighted by Crippen LogP contribution is 2.31. The molecule has 1 rings (SSSR count). The second kappa shape index (κ2) is 17.1. The molecule has 1 N–H and O–H groups in total. The van der Waals surface area contributed by atoms with Crippen LogP contribution in [0.1, 0.15) is 30.4 Å². The summed E-state index contributed by atoms with van der Waals surface area (Å²) in [7, 11) is -7.88. The second-order valence-corrected chi connectivity index (χ2v) is 27.0. The molecule has 1 aromatic rings. The van der Waals surface area contributed by atoms with Crippen LogP contribution < -0.4 is 0 Å². The molecule has 12 heteroatoms. The third-order valence-electron chi connectivity index (χ3n) is 5.82. The molecule has 0 heterocycles. The number of aliphatic hydroxyl groups excluding tert-OH is 1. The molecule has 0 saturated carbocycles. The zero-order chi connectivity index (χ0) is 29.6. The first-order valence-corrected chi connectivity index (χ1v) is 25.1. The van der Waals surface area contributed by atoms with E-state index in [0.29, 0.717) is 19.8 Å².